The lowest BCUT2D eigenvalue weighted by atomic mass is 10.0. The van der Waals surface area contributed by atoms with Crippen molar-refractivity contribution in [3.05, 3.63) is 0 Å². The topological polar surface area (TPSA) is 37.3 Å². The molecule has 0 saturated heterocycles. The van der Waals surface area contributed by atoms with Crippen molar-refractivity contribution in [3.63, 3.8) is 0 Å². The fourth-order valence-electron chi connectivity index (χ4n) is 0.702. The molecule has 0 radical (unpaired) electrons. The molecule has 2 unspecified atom stereocenters. The molecular formula is C8H11IO2. The Morgan fingerprint density at radius 1 is 1.73 bits per heavy atom. The molecule has 0 aliphatic heterocycles. The number of carbonyl (C=O) groups is 1. The van der Waals surface area contributed by atoms with E-state index in [-0.39, 0.29) is 16.3 Å². The normalized spacial score (nSPS) is 14.5. The second kappa shape index (κ2) is 5.42. The van der Waals surface area contributed by atoms with E-state index in [9.17, 15) is 4.79 Å². The lowest BCUT2D eigenvalue weighted by Crippen LogP contribution is -2.13. The average molecular weight is 266 g/mol. The van der Waals surface area contributed by atoms with Gasteiger partial charge < -0.3 is 5.11 Å². The molecule has 0 rings (SSSR count). The van der Waals surface area contributed by atoms with Gasteiger partial charge in [0.05, 0.1) is 6.42 Å². The molecule has 11 heavy (non-hydrogen) atoms. The number of rotatable bonds is 3. The van der Waals surface area contributed by atoms with Crippen LogP contribution in [0.2, 0.25) is 0 Å². The maximum Gasteiger partial charge on any atom is 0.304 e. The van der Waals surface area contributed by atoms with Crippen molar-refractivity contribution in [1.82, 2.24) is 0 Å². The minimum atomic E-state index is -0.777. The van der Waals surface area contributed by atoms with Gasteiger partial charge in [0.2, 0.25) is 0 Å². The van der Waals surface area contributed by atoms with E-state index in [0.29, 0.717) is 0 Å². The lowest BCUT2D eigenvalue weighted by molar-refractivity contribution is -0.137. The Balaban J connectivity index is 4.07. The van der Waals surface area contributed by atoms with Crippen LogP contribution in [0, 0.1) is 17.8 Å². The molecule has 0 amide bonds. The quantitative estimate of drug-likeness (QED) is 0.481. The molecule has 0 aromatic heterocycles. The number of hydrogen-bond donors (Lipinski definition) is 1. The molecule has 62 valence electrons. The summed E-state index contributed by atoms with van der Waals surface area (Å²) in [6.07, 6.45) is 0.144. The molecule has 2 nitrogen and oxygen atoms in total. The predicted molar refractivity (Wildman–Crippen MR) is 52.7 cm³/mol. The smallest absolute Gasteiger partial charge is 0.304 e. The molecule has 0 aromatic rings. The lowest BCUT2D eigenvalue weighted by Gasteiger charge is -2.09. The van der Waals surface area contributed by atoms with Crippen molar-refractivity contribution in [2.45, 2.75) is 24.2 Å². The third kappa shape index (κ3) is 5.08. The Morgan fingerprint density at radius 3 is 2.55 bits per heavy atom. The number of aliphatic carboxylic acids is 1. The van der Waals surface area contributed by atoms with Crippen LogP contribution < -0.4 is 0 Å². The highest BCUT2D eigenvalue weighted by atomic mass is 127. The number of carboxylic acid groups (broad SMARTS) is 1. The van der Waals surface area contributed by atoms with Gasteiger partial charge in [-0.05, 0) is 6.92 Å². The fraction of sp³-hybridized carbons (Fsp3) is 0.625. The van der Waals surface area contributed by atoms with Crippen LogP contribution in [0.3, 0.4) is 0 Å². The van der Waals surface area contributed by atoms with Gasteiger partial charge in [-0.15, -0.1) is 5.92 Å². The van der Waals surface area contributed by atoms with Crippen LogP contribution in [0.5, 0.6) is 0 Å². The van der Waals surface area contributed by atoms with Crippen molar-refractivity contribution in [1.29, 1.82) is 0 Å². The van der Waals surface area contributed by atoms with Gasteiger partial charge in [0.1, 0.15) is 0 Å². The Labute approximate surface area is 80.5 Å². The molecule has 0 aliphatic carbocycles. The molecule has 0 spiro atoms. The predicted octanol–water partition coefficient (Wildman–Crippen LogP) is 1.92. The highest BCUT2D eigenvalue weighted by Gasteiger charge is 2.14. The first-order valence-corrected chi connectivity index (χ1v) is 4.60. The van der Waals surface area contributed by atoms with Crippen molar-refractivity contribution < 1.29 is 9.90 Å². The van der Waals surface area contributed by atoms with Crippen molar-refractivity contribution in [3.8, 4) is 11.8 Å². The van der Waals surface area contributed by atoms with Crippen molar-refractivity contribution >= 4 is 28.6 Å². The highest BCUT2D eigenvalue weighted by Crippen LogP contribution is 2.15. The zero-order valence-corrected chi connectivity index (χ0v) is 8.75. The summed E-state index contributed by atoms with van der Waals surface area (Å²) in [5, 5.41) is 8.49. The van der Waals surface area contributed by atoms with Crippen molar-refractivity contribution in [2.24, 2.45) is 5.92 Å². The van der Waals surface area contributed by atoms with Gasteiger partial charge in [-0.3, -0.25) is 4.79 Å². The zero-order valence-electron chi connectivity index (χ0n) is 6.60. The Kier molecular flexibility index (Phi) is 5.30. The second-order valence-corrected chi connectivity index (χ2v) is 4.24. The number of hydrogen-bond acceptors (Lipinski definition) is 1. The van der Waals surface area contributed by atoms with Gasteiger partial charge in [0, 0.05) is 9.84 Å². The standard InChI is InChI=1S/C8H11IO2/c1-3-4-7(6(2)9)5-8(10)11/h6-7H,5H2,1-2H3,(H,10,11). The molecular weight excluding hydrogens is 255 g/mol. The second-order valence-electron chi connectivity index (χ2n) is 2.28. The number of carboxylic acids is 1. The van der Waals surface area contributed by atoms with Crippen molar-refractivity contribution in [2.75, 3.05) is 0 Å². The Hall–Kier alpha value is -0.240. The van der Waals surface area contributed by atoms with Gasteiger partial charge in [0.25, 0.3) is 0 Å². The summed E-state index contributed by atoms with van der Waals surface area (Å²) in [4.78, 5) is 10.3. The first-order chi connectivity index (χ1) is 5.07. The Morgan fingerprint density at radius 2 is 2.27 bits per heavy atom. The molecule has 0 bridgehead atoms. The summed E-state index contributed by atoms with van der Waals surface area (Å²) in [6, 6.07) is 0. The summed E-state index contributed by atoms with van der Waals surface area (Å²) < 4.78 is 0.288. The van der Waals surface area contributed by atoms with E-state index in [1.165, 1.54) is 0 Å². The fourth-order valence-corrected chi connectivity index (χ4v) is 1.14. The monoisotopic (exact) mass is 266 g/mol. The van der Waals surface area contributed by atoms with Crippen LogP contribution in [0.1, 0.15) is 20.3 Å². The van der Waals surface area contributed by atoms with E-state index in [1.807, 2.05) is 6.92 Å². The third-order valence-electron chi connectivity index (χ3n) is 1.28. The van der Waals surface area contributed by atoms with Crippen LogP contribution in [0.15, 0.2) is 0 Å². The van der Waals surface area contributed by atoms with Gasteiger partial charge in [0.15, 0.2) is 0 Å². The molecule has 0 saturated carbocycles. The third-order valence-corrected chi connectivity index (χ3v) is 2.15. The van der Waals surface area contributed by atoms with E-state index in [1.54, 1.807) is 6.92 Å². The van der Waals surface area contributed by atoms with Crippen LogP contribution >= 0.6 is 22.6 Å². The van der Waals surface area contributed by atoms with E-state index >= 15 is 0 Å². The largest absolute Gasteiger partial charge is 0.481 e. The molecule has 0 aliphatic rings. The van der Waals surface area contributed by atoms with E-state index < -0.39 is 5.97 Å². The minimum absolute atomic E-state index is 0.0156. The van der Waals surface area contributed by atoms with Crippen LogP contribution in [-0.2, 0) is 4.79 Å². The molecule has 3 heteroatoms. The summed E-state index contributed by atoms with van der Waals surface area (Å²) in [5.74, 6) is 4.82. The average Bonchev–Trinajstić information content (AvgIpc) is 1.86. The molecule has 0 heterocycles. The SMILES string of the molecule is CC#CC(CC(=O)O)C(C)I. The first kappa shape index (κ1) is 10.8. The maximum absolute atomic E-state index is 10.3. The number of alkyl halides is 1. The molecule has 0 aromatic carbocycles. The summed E-state index contributed by atoms with van der Waals surface area (Å²) >= 11 is 2.20. The summed E-state index contributed by atoms with van der Waals surface area (Å²) in [6.45, 7) is 3.70. The number of halogens is 1. The molecule has 1 N–H and O–H groups in total. The van der Waals surface area contributed by atoms with Gasteiger partial charge in [-0.1, -0.05) is 35.4 Å². The molecule has 0 fully saturated rings. The van der Waals surface area contributed by atoms with E-state index in [0.717, 1.165) is 0 Å². The zero-order chi connectivity index (χ0) is 8.85. The highest BCUT2D eigenvalue weighted by molar-refractivity contribution is 14.1. The van der Waals surface area contributed by atoms with Gasteiger partial charge in [-0.2, -0.15) is 0 Å². The van der Waals surface area contributed by atoms with Gasteiger partial charge >= 0.3 is 5.97 Å². The molecule has 2 atom stereocenters. The first-order valence-electron chi connectivity index (χ1n) is 3.36. The van der Waals surface area contributed by atoms with Crippen LogP contribution in [-0.4, -0.2) is 15.0 Å². The van der Waals surface area contributed by atoms with Crippen LogP contribution in [0.4, 0.5) is 0 Å². The Bertz CT molecular complexity index is 188. The summed E-state index contributed by atoms with van der Waals surface area (Å²) in [5.41, 5.74) is 0. The van der Waals surface area contributed by atoms with E-state index in [4.69, 9.17) is 5.11 Å². The summed E-state index contributed by atoms with van der Waals surface area (Å²) in [7, 11) is 0. The van der Waals surface area contributed by atoms with E-state index in [2.05, 4.69) is 34.4 Å². The van der Waals surface area contributed by atoms with Gasteiger partial charge in [-0.25, -0.2) is 0 Å². The maximum atomic E-state index is 10.3. The van der Waals surface area contributed by atoms with Crippen LogP contribution in [0.25, 0.3) is 0 Å². The minimum Gasteiger partial charge on any atom is -0.481 e.